The first kappa shape index (κ1) is 15.2. The minimum atomic E-state index is -0.230. The van der Waals surface area contributed by atoms with Gasteiger partial charge in [-0.25, -0.2) is 0 Å². The van der Waals surface area contributed by atoms with Gasteiger partial charge in [0.1, 0.15) is 5.75 Å². The van der Waals surface area contributed by atoms with Gasteiger partial charge in [-0.15, -0.1) is 18.3 Å². The van der Waals surface area contributed by atoms with E-state index in [-0.39, 0.29) is 18.2 Å². The van der Waals surface area contributed by atoms with Crippen LogP contribution in [0.1, 0.15) is 17.9 Å². The van der Waals surface area contributed by atoms with Gasteiger partial charge in [-0.2, -0.15) is 5.26 Å². The first-order valence-corrected chi connectivity index (χ1v) is 7.50. The van der Waals surface area contributed by atoms with Gasteiger partial charge in [0.2, 0.25) is 5.91 Å². The molecule has 0 aliphatic carbocycles. The molecular formula is C16H16N2O2S. The van der Waals surface area contributed by atoms with Crippen molar-refractivity contribution in [3.05, 3.63) is 53.1 Å². The van der Waals surface area contributed by atoms with Crippen molar-refractivity contribution >= 4 is 17.7 Å². The van der Waals surface area contributed by atoms with E-state index in [4.69, 9.17) is 4.74 Å². The van der Waals surface area contributed by atoms with E-state index in [1.54, 1.807) is 13.2 Å². The molecule has 1 amide bonds. The number of allylic oxidation sites excluding steroid dienone is 1. The molecule has 1 aliphatic heterocycles. The average molecular weight is 300 g/mol. The van der Waals surface area contributed by atoms with Gasteiger partial charge in [0, 0.05) is 18.1 Å². The Morgan fingerprint density at radius 2 is 2.43 bits per heavy atom. The normalized spacial score (nSPS) is 17.9. The fourth-order valence-electron chi connectivity index (χ4n) is 2.22. The van der Waals surface area contributed by atoms with Crippen LogP contribution in [0.15, 0.2) is 47.5 Å². The molecule has 21 heavy (non-hydrogen) atoms. The zero-order valence-electron chi connectivity index (χ0n) is 11.8. The van der Waals surface area contributed by atoms with Gasteiger partial charge in [0.15, 0.2) is 0 Å². The lowest BCUT2D eigenvalue weighted by atomic mass is 9.87. The minimum Gasteiger partial charge on any atom is -0.497 e. The Hall–Kier alpha value is -2.19. The van der Waals surface area contributed by atoms with Crippen molar-refractivity contribution in [1.29, 1.82) is 5.26 Å². The zero-order chi connectivity index (χ0) is 15.2. The Kier molecular flexibility index (Phi) is 5.07. The smallest absolute Gasteiger partial charge is 0.225 e. The Balaban J connectivity index is 2.41. The molecular weight excluding hydrogens is 284 g/mol. The number of nitriles is 1. The topological polar surface area (TPSA) is 62.1 Å². The third kappa shape index (κ3) is 3.47. The maximum Gasteiger partial charge on any atom is 0.225 e. The second kappa shape index (κ2) is 7.00. The zero-order valence-corrected chi connectivity index (χ0v) is 12.6. The number of methoxy groups -OCH3 is 1. The molecule has 4 nitrogen and oxygen atoms in total. The van der Waals surface area contributed by atoms with E-state index < -0.39 is 0 Å². The molecule has 1 heterocycles. The van der Waals surface area contributed by atoms with Crippen molar-refractivity contribution in [3.8, 4) is 11.8 Å². The molecule has 0 fully saturated rings. The van der Waals surface area contributed by atoms with Crippen molar-refractivity contribution in [2.75, 3.05) is 12.9 Å². The number of nitrogens with zero attached hydrogens (tertiary/aromatic N) is 1. The van der Waals surface area contributed by atoms with Crippen LogP contribution < -0.4 is 10.1 Å². The standard InChI is InChI=1S/C16H16N2O2S/c1-3-7-21-16-14(10-17)13(9-15(19)18-16)11-5-4-6-12(8-11)20-2/h3-6,8,13H,1,7,9H2,2H3,(H,18,19). The van der Waals surface area contributed by atoms with E-state index in [0.717, 1.165) is 11.3 Å². The summed E-state index contributed by atoms with van der Waals surface area (Å²) in [5.74, 6) is 1.06. The van der Waals surface area contributed by atoms with Crippen molar-refractivity contribution < 1.29 is 9.53 Å². The summed E-state index contributed by atoms with van der Waals surface area (Å²) < 4.78 is 5.22. The van der Waals surface area contributed by atoms with Crippen LogP contribution in [0, 0.1) is 11.3 Å². The summed E-state index contributed by atoms with van der Waals surface area (Å²) in [6.07, 6.45) is 2.02. The number of hydrogen-bond donors (Lipinski definition) is 1. The molecule has 1 aromatic carbocycles. The number of rotatable bonds is 5. The van der Waals surface area contributed by atoms with Gasteiger partial charge < -0.3 is 10.1 Å². The van der Waals surface area contributed by atoms with Crippen molar-refractivity contribution in [1.82, 2.24) is 5.32 Å². The van der Waals surface area contributed by atoms with Crippen molar-refractivity contribution in [2.45, 2.75) is 12.3 Å². The lowest BCUT2D eigenvalue weighted by Gasteiger charge is -2.25. The average Bonchev–Trinajstić information content (AvgIpc) is 2.52. The van der Waals surface area contributed by atoms with Crippen molar-refractivity contribution in [2.24, 2.45) is 0 Å². The molecule has 0 spiro atoms. The van der Waals surface area contributed by atoms with Gasteiger partial charge in [-0.1, -0.05) is 18.2 Å². The molecule has 0 radical (unpaired) electrons. The van der Waals surface area contributed by atoms with Gasteiger partial charge in [-0.3, -0.25) is 4.79 Å². The van der Waals surface area contributed by atoms with E-state index in [1.165, 1.54) is 11.8 Å². The Bertz CT molecular complexity index is 631. The molecule has 1 unspecified atom stereocenters. The molecule has 108 valence electrons. The maximum atomic E-state index is 11.9. The number of amides is 1. The monoisotopic (exact) mass is 300 g/mol. The summed E-state index contributed by atoms with van der Waals surface area (Å²) >= 11 is 1.42. The molecule has 0 aromatic heterocycles. The number of ether oxygens (including phenoxy) is 1. The molecule has 1 aliphatic rings. The maximum absolute atomic E-state index is 11.9. The third-order valence-corrected chi connectivity index (χ3v) is 4.21. The second-order valence-corrected chi connectivity index (χ2v) is 5.57. The molecule has 1 aromatic rings. The van der Waals surface area contributed by atoms with E-state index in [1.807, 2.05) is 24.3 Å². The summed E-state index contributed by atoms with van der Waals surface area (Å²) in [4.78, 5) is 11.9. The first-order valence-electron chi connectivity index (χ1n) is 6.51. The Labute approximate surface area is 128 Å². The molecule has 0 saturated heterocycles. The van der Waals surface area contributed by atoms with E-state index in [9.17, 15) is 10.1 Å². The first-order chi connectivity index (χ1) is 10.2. The highest BCUT2D eigenvalue weighted by atomic mass is 32.2. The van der Waals surface area contributed by atoms with E-state index in [2.05, 4.69) is 18.0 Å². The third-order valence-electron chi connectivity index (χ3n) is 3.20. The quantitative estimate of drug-likeness (QED) is 0.849. The van der Waals surface area contributed by atoms with Crippen LogP contribution in [-0.2, 0) is 4.79 Å². The van der Waals surface area contributed by atoms with Crippen LogP contribution in [0.3, 0.4) is 0 Å². The van der Waals surface area contributed by atoms with Gasteiger partial charge in [0.25, 0.3) is 0 Å². The predicted octanol–water partition coefficient (Wildman–Crippen LogP) is 2.95. The summed E-state index contributed by atoms with van der Waals surface area (Å²) in [6, 6.07) is 9.74. The summed E-state index contributed by atoms with van der Waals surface area (Å²) in [5, 5.41) is 12.9. The van der Waals surface area contributed by atoms with Crippen LogP contribution in [0.4, 0.5) is 0 Å². The predicted molar refractivity (Wildman–Crippen MR) is 83.8 cm³/mol. The number of thioether (sulfide) groups is 1. The van der Waals surface area contributed by atoms with Gasteiger partial charge in [0.05, 0.1) is 23.8 Å². The molecule has 0 saturated carbocycles. The molecule has 5 heteroatoms. The highest BCUT2D eigenvalue weighted by Crippen LogP contribution is 2.36. The largest absolute Gasteiger partial charge is 0.497 e. The van der Waals surface area contributed by atoms with Crippen LogP contribution in [0.25, 0.3) is 0 Å². The fourth-order valence-corrected chi connectivity index (χ4v) is 3.03. The summed E-state index contributed by atoms with van der Waals surface area (Å²) in [7, 11) is 1.60. The molecule has 1 atom stereocenters. The number of hydrogen-bond acceptors (Lipinski definition) is 4. The highest BCUT2D eigenvalue weighted by Gasteiger charge is 2.29. The summed E-state index contributed by atoms with van der Waals surface area (Å²) in [5.41, 5.74) is 1.51. The lowest BCUT2D eigenvalue weighted by molar-refractivity contribution is -0.120. The van der Waals surface area contributed by atoms with Gasteiger partial charge in [-0.05, 0) is 17.7 Å². The highest BCUT2D eigenvalue weighted by molar-refractivity contribution is 8.03. The Morgan fingerprint density at radius 1 is 1.62 bits per heavy atom. The van der Waals surface area contributed by atoms with E-state index >= 15 is 0 Å². The Morgan fingerprint density at radius 3 is 3.10 bits per heavy atom. The van der Waals surface area contributed by atoms with E-state index in [0.29, 0.717) is 16.4 Å². The summed E-state index contributed by atoms with van der Waals surface area (Å²) in [6.45, 7) is 3.66. The van der Waals surface area contributed by atoms with Crippen LogP contribution in [-0.4, -0.2) is 18.8 Å². The number of carbonyl (C=O) groups is 1. The second-order valence-electron chi connectivity index (χ2n) is 4.54. The number of nitrogens with one attached hydrogen (secondary N) is 1. The molecule has 2 rings (SSSR count). The number of carbonyl (C=O) groups excluding carboxylic acids is 1. The van der Waals surface area contributed by atoms with Crippen molar-refractivity contribution in [3.63, 3.8) is 0 Å². The SMILES string of the molecule is C=CCSC1=C(C#N)C(c2cccc(OC)c2)CC(=O)N1. The minimum absolute atomic E-state index is 0.0756. The van der Waals surface area contributed by atoms with Crippen LogP contribution in [0.5, 0.6) is 5.75 Å². The molecule has 1 N–H and O–H groups in total. The van der Waals surface area contributed by atoms with Crippen LogP contribution >= 0.6 is 11.8 Å². The molecule has 0 bridgehead atoms. The van der Waals surface area contributed by atoms with Crippen LogP contribution in [0.2, 0.25) is 0 Å². The number of benzene rings is 1. The lowest BCUT2D eigenvalue weighted by Crippen LogP contribution is -2.30. The fraction of sp³-hybridized carbons (Fsp3) is 0.250. The van der Waals surface area contributed by atoms with Gasteiger partial charge >= 0.3 is 0 Å².